The number of carbonyl (C=O) groups is 2. The highest BCUT2D eigenvalue weighted by Gasteiger charge is 2.15. The molecule has 2 aromatic rings. The van der Waals surface area contributed by atoms with Crippen molar-refractivity contribution in [2.75, 3.05) is 11.9 Å². The molecule has 0 saturated carbocycles. The Bertz CT molecular complexity index is 764. The van der Waals surface area contributed by atoms with E-state index in [9.17, 15) is 9.59 Å². The average Bonchev–Trinajstić information content (AvgIpc) is 2.53. The number of carbonyl (C=O) groups excluding carboxylic acids is 2. The predicted octanol–water partition coefficient (Wildman–Crippen LogP) is 3.54. The van der Waals surface area contributed by atoms with E-state index in [4.69, 9.17) is 4.74 Å². The Morgan fingerprint density at radius 2 is 1.76 bits per heavy atom. The summed E-state index contributed by atoms with van der Waals surface area (Å²) in [5.74, 6) is 0.215. The van der Waals surface area contributed by atoms with E-state index in [2.05, 4.69) is 10.6 Å². The zero-order valence-corrected chi connectivity index (χ0v) is 15.1. The highest BCUT2D eigenvalue weighted by Crippen LogP contribution is 2.16. The van der Waals surface area contributed by atoms with Crippen molar-refractivity contribution in [3.8, 4) is 5.75 Å². The highest BCUT2D eigenvalue weighted by atomic mass is 16.5. The van der Waals surface area contributed by atoms with Gasteiger partial charge in [-0.15, -0.1) is 0 Å². The van der Waals surface area contributed by atoms with Crippen molar-refractivity contribution in [2.24, 2.45) is 0 Å². The summed E-state index contributed by atoms with van der Waals surface area (Å²) in [6, 6.07) is 14.3. The maximum absolute atomic E-state index is 12.2. The van der Waals surface area contributed by atoms with Gasteiger partial charge < -0.3 is 15.4 Å². The first-order valence-electron chi connectivity index (χ1n) is 8.15. The van der Waals surface area contributed by atoms with E-state index in [1.165, 1.54) is 0 Å². The maximum Gasteiger partial charge on any atom is 0.262 e. The third-order valence-electron chi connectivity index (χ3n) is 3.35. The molecule has 2 aromatic carbocycles. The Hall–Kier alpha value is -2.82. The van der Waals surface area contributed by atoms with Gasteiger partial charge in [-0.25, -0.2) is 0 Å². The fraction of sp³-hybridized carbons (Fsp3) is 0.300. The Morgan fingerprint density at radius 3 is 2.44 bits per heavy atom. The number of ether oxygens (including phenoxy) is 1. The lowest BCUT2D eigenvalue weighted by Crippen LogP contribution is -2.40. The SMILES string of the molecule is Cc1ccccc1OCC(=O)Nc1cccc(C(=O)NC(C)(C)C)c1. The van der Waals surface area contributed by atoms with Gasteiger partial charge in [0.1, 0.15) is 5.75 Å². The topological polar surface area (TPSA) is 67.4 Å². The van der Waals surface area contributed by atoms with Gasteiger partial charge in [0, 0.05) is 16.8 Å². The molecule has 2 N–H and O–H groups in total. The van der Waals surface area contributed by atoms with Crippen LogP contribution in [0.2, 0.25) is 0 Å². The summed E-state index contributed by atoms with van der Waals surface area (Å²) in [6.07, 6.45) is 0. The minimum atomic E-state index is -0.322. The van der Waals surface area contributed by atoms with Crippen LogP contribution >= 0.6 is 0 Å². The third kappa shape index (κ3) is 5.95. The quantitative estimate of drug-likeness (QED) is 0.875. The van der Waals surface area contributed by atoms with Gasteiger partial charge in [-0.05, 0) is 57.5 Å². The second-order valence-electron chi connectivity index (χ2n) is 6.89. The van der Waals surface area contributed by atoms with E-state index >= 15 is 0 Å². The van der Waals surface area contributed by atoms with Crippen molar-refractivity contribution in [2.45, 2.75) is 33.2 Å². The van der Waals surface area contributed by atoms with Gasteiger partial charge >= 0.3 is 0 Å². The number of aryl methyl sites for hydroxylation is 1. The molecule has 25 heavy (non-hydrogen) atoms. The van der Waals surface area contributed by atoms with Crippen LogP contribution in [0.25, 0.3) is 0 Å². The monoisotopic (exact) mass is 340 g/mol. The fourth-order valence-electron chi connectivity index (χ4n) is 2.21. The smallest absolute Gasteiger partial charge is 0.262 e. The highest BCUT2D eigenvalue weighted by molar-refractivity contribution is 5.97. The largest absolute Gasteiger partial charge is 0.483 e. The molecule has 0 aliphatic carbocycles. The normalized spacial score (nSPS) is 10.9. The summed E-state index contributed by atoms with van der Waals surface area (Å²) in [5.41, 5.74) is 1.70. The van der Waals surface area contributed by atoms with Crippen molar-refractivity contribution >= 4 is 17.5 Å². The van der Waals surface area contributed by atoms with E-state index in [0.717, 1.165) is 5.56 Å². The molecule has 0 aromatic heterocycles. The van der Waals surface area contributed by atoms with Crippen molar-refractivity contribution in [3.05, 3.63) is 59.7 Å². The second-order valence-corrected chi connectivity index (χ2v) is 6.89. The Balaban J connectivity index is 1.96. The number of hydrogen-bond acceptors (Lipinski definition) is 3. The molecular formula is C20H24N2O3. The van der Waals surface area contributed by atoms with Crippen LogP contribution in [0.15, 0.2) is 48.5 Å². The van der Waals surface area contributed by atoms with Crippen molar-refractivity contribution in [3.63, 3.8) is 0 Å². The maximum atomic E-state index is 12.2. The molecule has 5 nitrogen and oxygen atoms in total. The first kappa shape index (κ1) is 18.5. The Morgan fingerprint density at radius 1 is 1.04 bits per heavy atom. The van der Waals surface area contributed by atoms with Crippen LogP contribution < -0.4 is 15.4 Å². The van der Waals surface area contributed by atoms with E-state index < -0.39 is 0 Å². The molecule has 0 saturated heterocycles. The number of benzene rings is 2. The first-order chi connectivity index (χ1) is 11.7. The first-order valence-corrected chi connectivity index (χ1v) is 8.15. The van der Waals surface area contributed by atoms with Gasteiger partial charge in [0.05, 0.1) is 0 Å². The molecule has 0 fully saturated rings. The zero-order chi connectivity index (χ0) is 18.4. The molecule has 0 bridgehead atoms. The number of nitrogens with one attached hydrogen (secondary N) is 2. The second kappa shape index (κ2) is 7.83. The van der Waals surface area contributed by atoms with Crippen LogP contribution in [0.5, 0.6) is 5.75 Å². The summed E-state index contributed by atoms with van der Waals surface area (Å²) in [6.45, 7) is 7.58. The van der Waals surface area contributed by atoms with Crippen LogP contribution in [-0.4, -0.2) is 24.0 Å². The average molecular weight is 340 g/mol. The third-order valence-corrected chi connectivity index (χ3v) is 3.35. The molecule has 0 heterocycles. The lowest BCUT2D eigenvalue weighted by molar-refractivity contribution is -0.118. The number of para-hydroxylation sites is 1. The van der Waals surface area contributed by atoms with Gasteiger partial charge in [0.2, 0.25) is 0 Å². The summed E-state index contributed by atoms with van der Waals surface area (Å²) in [5, 5.41) is 5.64. The minimum absolute atomic E-state index is 0.0940. The van der Waals surface area contributed by atoms with E-state index in [-0.39, 0.29) is 24.0 Å². The van der Waals surface area contributed by atoms with Crippen LogP contribution in [0, 0.1) is 6.92 Å². The molecular weight excluding hydrogens is 316 g/mol. The van der Waals surface area contributed by atoms with Gasteiger partial charge in [-0.3, -0.25) is 9.59 Å². The van der Waals surface area contributed by atoms with Gasteiger partial charge in [-0.2, -0.15) is 0 Å². The fourth-order valence-corrected chi connectivity index (χ4v) is 2.21. The lowest BCUT2D eigenvalue weighted by atomic mass is 10.1. The van der Waals surface area contributed by atoms with Crippen LogP contribution in [0.3, 0.4) is 0 Å². The molecule has 0 aliphatic rings. The van der Waals surface area contributed by atoms with Crippen molar-refractivity contribution in [1.82, 2.24) is 5.32 Å². The Labute approximate surface area is 148 Å². The molecule has 2 amide bonds. The van der Waals surface area contributed by atoms with Crippen molar-refractivity contribution < 1.29 is 14.3 Å². The molecule has 0 radical (unpaired) electrons. The Kier molecular flexibility index (Phi) is 5.80. The predicted molar refractivity (Wildman–Crippen MR) is 99.0 cm³/mol. The van der Waals surface area contributed by atoms with Crippen LogP contribution in [-0.2, 0) is 4.79 Å². The van der Waals surface area contributed by atoms with E-state index in [1.54, 1.807) is 24.3 Å². The number of rotatable bonds is 5. The molecule has 5 heteroatoms. The molecule has 0 unspecified atom stereocenters. The van der Waals surface area contributed by atoms with E-state index in [0.29, 0.717) is 17.0 Å². The summed E-state index contributed by atoms with van der Waals surface area (Å²) in [7, 11) is 0. The van der Waals surface area contributed by atoms with E-state index in [1.807, 2.05) is 52.0 Å². The van der Waals surface area contributed by atoms with Gasteiger partial charge in [0.25, 0.3) is 11.8 Å². The molecule has 0 spiro atoms. The number of amides is 2. The van der Waals surface area contributed by atoms with Gasteiger partial charge in [-0.1, -0.05) is 24.3 Å². The summed E-state index contributed by atoms with van der Waals surface area (Å²) < 4.78 is 5.52. The zero-order valence-electron chi connectivity index (χ0n) is 15.1. The number of anilines is 1. The molecule has 0 aliphatic heterocycles. The lowest BCUT2D eigenvalue weighted by Gasteiger charge is -2.20. The molecule has 0 atom stereocenters. The van der Waals surface area contributed by atoms with Gasteiger partial charge in [0.15, 0.2) is 6.61 Å². The van der Waals surface area contributed by atoms with Crippen molar-refractivity contribution in [1.29, 1.82) is 0 Å². The number of hydrogen-bond donors (Lipinski definition) is 2. The minimum Gasteiger partial charge on any atom is -0.483 e. The molecule has 2 rings (SSSR count). The van der Waals surface area contributed by atoms with Crippen LogP contribution in [0.1, 0.15) is 36.7 Å². The van der Waals surface area contributed by atoms with Crippen LogP contribution in [0.4, 0.5) is 5.69 Å². The molecule has 132 valence electrons. The summed E-state index contributed by atoms with van der Waals surface area (Å²) >= 11 is 0. The standard InChI is InChI=1S/C20H24N2O3/c1-14-8-5-6-11-17(14)25-13-18(23)21-16-10-7-9-15(12-16)19(24)22-20(2,3)4/h5-12H,13H2,1-4H3,(H,21,23)(H,22,24). The summed E-state index contributed by atoms with van der Waals surface area (Å²) in [4.78, 5) is 24.3.